The minimum absolute atomic E-state index is 0.163. The average molecular weight is 451 g/mol. The first-order chi connectivity index (χ1) is 13.9. The van der Waals surface area contributed by atoms with Gasteiger partial charge in [0.05, 0.1) is 0 Å². The lowest BCUT2D eigenvalue weighted by molar-refractivity contribution is -0.141. The number of carboxylic acid groups (broad SMARTS) is 2. The maximum absolute atomic E-state index is 12.0. The molecule has 1 amide bonds. The highest BCUT2D eigenvalue weighted by atomic mass is 33.1. The lowest BCUT2D eigenvalue weighted by Crippen LogP contribution is -2.42. The number of amides is 1. The molecule has 0 aromatic heterocycles. The summed E-state index contributed by atoms with van der Waals surface area (Å²) in [7, 11) is 2.40. The number of hydrogen-bond acceptors (Lipinski definition) is 6. The average Bonchev–Trinajstić information content (AvgIpc) is 2.67. The number of unbranched alkanes of at least 4 members (excludes halogenated alkanes) is 10. The van der Waals surface area contributed by atoms with Crippen molar-refractivity contribution in [3.05, 3.63) is 0 Å². The minimum Gasteiger partial charge on any atom is -0.480 e. The second-order valence-corrected chi connectivity index (χ2v) is 9.81. The monoisotopic (exact) mass is 450 g/mol. The van der Waals surface area contributed by atoms with Gasteiger partial charge >= 0.3 is 11.9 Å². The van der Waals surface area contributed by atoms with Crippen molar-refractivity contribution >= 4 is 39.4 Å². The summed E-state index contributed by atoms with van der Waals surface area (Å²) < 4.78 is 0. The van der Waals surface area contributed by atoms with E-state index in [0.717, 1.165) is 19.3 Å². The second-order valence-electron chi connectivity index (χ2n) is 7.26. The van der Waals surface area contributed by atoms with Crippen molar-refractivity contribution in [1.82, 2.24) is 5.32 Å². The lowest BCUT2D eigenvalue weighted by atomic mass is 10.1. The molecule has 29 heavy (non-hydrogen) atoms. The van der Waals surface area contributed by atoms with Gasteiger partial charge < -0.3 is 21.3 Å². The van der Waals surface area contributed by atoms with Crippen LogP contribution in [0.5, 0.6) is 0 Å². The Morgan fingerprint density at radius 2 is 1.28 bits per heavy atom. The summed E-state index contributed by atoms with van der Waals surface area (Å²) in [6.45, 7) is 2.22. The number of rotatable bonds is 20. The smallest absolute Gasteiger partial charge is 0.327 e. The van der Waals surface area contributed by atoms with E-state index in [1.54, 1.807) is 0 Å². The number of nitrogens with two attached hydrogens (primary N) is 1. The van der Waals surface area contributed by atoms with E-state index in [1.807, 2.05) is 0 Å². The van der Waals surface area contributed by atoms with E-state index in [2.05, 4.69) is 12.2 Å². The van der Waals surface area contributed by atoms with Gasteiger partial charge in [-0.2, -0.15) is 0 Å². The first kappa shape index (κ1) is 28.1. The molecule has 0 fully saturated rings. The van der Waals surface area contributed by atoms with Crippen LogP contribution in [0.3, 0.4) is 0 Å². The predicted molar refractivity (Wildman–Crippen MR) is 121 cm³/mol. The highest BCUT2D eigenvalue weighted by molar-refractivity contribution is 8.76. The van der Waals surface area contributed by atoms with Crippen LogP contribution in [-0.2, 0) is 14.4 Å². The van der Waals surface area contributed by atoms with Crippen LogP contribution in [0.1, 0.15) is 84.0 Å². The van der Waals surface area contributed by atoms with Crippen LogP contribution < -0.4 is 11.1 Å². The molecule has 170 valence electrons. The van der Waals surface area contributed by atoms with Crippen molar-refractivity contribution in [3.63, 3.8) is 0 Å². The summed E-state index contributed by atoms with van der Waals surface area (Å²) in [6, 6.07) is -1.96. The third-order valence-electron chi connectivity index (χ3n) is 4.52. The number of aliphatic carboxylic acids is 2. The molecule has 0 aromatic rings. The maximum atomic E-state index is 12.0. The molecule has 0 rings (SSSR count). The van der Waals surface area contributed by atoms with Gasteiger partial charge in [0.1, 0.15) is 12.1 Å². The van der Waals surface area contributed by atoms with Gasteiger partial charge in [0.15, 0.2) is 0 Å². The van der Waals surface area contributed by atoms with Crippen molar-refractivity contribution in [2.75, 3.05) is 11.5 Å². The molecule has 0 aromatic carbocycles. The number of hydrogen-bond donors (Lipinski definition) is 4. The third-order valence-corrected chi connectivity index (χ3v) is 6.97. The van der Waals surface area contributed by atoms with Crippen LogP contribution in [0.15, 0.2) is 0 Å². The Hall–Kier alpha value is -0.930. The first-order valence-electron chi connectivity index (χ1n) is 10.6. The molecule has 0 heterocycles. The van der Waals surface area contributed by atoms with Gasteiger partial charge in [-0.3, -0.25) is 9.59 Å². The summed E-state index contributed by atoms with van der Waals surface area (Å²) in [5.74, 6) is -2.09. The molecular formula is C20H38N2O5S2. The molecule has 0 spiro atoms. The van der Waals surface area contributed by atoms with Crippen LogP contribution in [0, 0.1) is 0 Å². The van der Waals surface area contributed by atoms with Gasteiger partial charge in [-0.05, 0) is 6.42 Å². The van der Waals surface area contributed by atoms with E-state index in [1.165, 1.54) is 73.0 Å². The topological polar surface area (TPSA) is 130 Å². The molecule has 2 unspecified atom stereocenters. The second kappa shape index (κ2) is 19.1. The SMILES string of the molecule is CCCCCCCCCCCCCC(=O)NC(CSSCC(N)C(=O)O)C(=O)O. The number of carboxylic acids is 2. The Balaban J connectivity index is 3.72. The Labute approximate surface area is 182 Å². The zero-order valence-corrected chi connectivity index (χ0v) is 19.2. The van der Waals surface area contributed by atoms with Crippen LogP contribution in [0.25, 0.3) is 0 Å². The number of carbonyl (C=O) groups is 3. The molecular weight excluding hydrogens is 412 g/mol. The van der Waals surface area contributed by atoms with Gasteiger partial charge in [-0.15, -0.1) is 0 Å². The summed E-state index contributed by atoms with van der Waals surface area (Å²) in [5.41, 5.74) is 5.38. The highest BCUT2D eigenvalue weighted by Gasteiger charge is 2.20. The highest BCUT2D eigenvalue weighted by Crippen LogP contribution is 2.22. The third kappa shape index (κ3) is 17.6. The normalized spacial score (nSPS) is 13.0. The Kier molecular flexibility index (Phi) is 18.4. The van der Waals surface area contributed by atoms with Gasteiger partial charge in [0, 0.05) is 17.9 Å². The number of carbonyl (C=O) groups excluding carboxylic acids is 1. The van der Waals surface area contributed by atoms with Crippen molar-refractivity contribution in [3.8, 4) is 0 Å². The van der Waals surface area contributed by atoms with E-state index in [4.69, 9.17) is 10.8 Å². The fourth-order valence-electron chi connectivity index (χ4n) is 2.70. The van der Waals surface area contributed by atoms with Crippen LogP contribution in [-0.4, -0.2) is 51.6 Å². The summed E-state index contributed by atoms with van der Waals surface area (Å²) >= 11 is 0. The molecule has 0 bridgehead atoms. The molecule has 0 saturated carbocycles. The predicted octanol–water partition coefficient (Wildman–Crippen LogP) is 4.05. The lowest BCUT2D eigenvalue weighted by Gasteiger charge is -2.14. The standard InChI is InChI=1S/C20H38N2O5S2/c1-2-3-4-5-6-7-8-9-10-11-12-13-18(23)22-17(20(26)27)15-29-28-14-16(21)19(24)25/h16-17H,2-15,21H2,1H3,(H,22,23)(H,24,25)(H,26,27). The molecule has 9 heteroatoms. The molecule has 0 saturated heterocycles. The van der Waals surface area contributed by atoms with E-state index in [0.29, 0.717) is 6.42 Å². The molecule has 0 aliphatic heterocycles. The van der Waals surface area contributed by atoms with Gasteiger partial charge in [-0.25, -0.2) is 4.79 Å². The van der Waals surface area contributed by atoms with E-state index in [-0.39, 0.29) is 17.4 Å². The van der Waals surface area contributed by atoms with E-state index in [9.17, 15) is 19.5 Å². The van der Waals surface area contributed by atoms with Gasteiger partial charge in [0.2, 0.25) is 5.91 Å². The molecule has 0 radical (unpaired) electrons. The van der Waals surface area contributed by atoms with Crippen molar-refractivity contribution < 1.29 is 24.6 Å². The van der Waals surface area contributed by atoms with Crippen LogP contribution in [0.2, 0.25) is 0 Å². The molecule has 0 aliphatic carbocycles. The summed E-state index contributed by atoms with van der Waals surface area (Å²) in [5, 5.41) is 20.5. The van der Waals surface area contributed by atoms with E-state index >= 15 is 0 Å². The van der Waals surface area contributed by atoms with Crippen molar-refractivity contribution in [2.24, 2.45) is 5.73 Å². The Bertz CT molecular complexity index is 466. The quantitative estimate of drug-likeness (QED) is 0.161. The van der Waals surface area contributed by atoms with Gasteiger partial charge in [-0.1, -0.05) is 92.7 Å². The fraction of sp³-hybridized carbons (Fsp3) is 0.850. The zero-order valence-electron chi connectivity index (χ0n) is 17.6. The molecule has 5 N–H and O–H groups in total. The zero-order chi connectivity index (χ0) is 21.9. The Morgan fingerprint density at radius 3 is 1.76 bits per heavy atom. The Morgan fingerprint density at radius 1 is 0.793 bits per heavy atom. The number of nitrogens with one attached hydrogen (secondary N) is 1. The molecule has 2 atom stereocenters. The van der Waals surface area contributed by atoms with Crippen molar-refractivity contribution in [2.45, 2.75) is 96.1 Å². The first-order valence-corrected chi connectivity index (χ1v) is 13.1. The van der Waals surface area contributed by atoms with Crippen molar-refractivity contribution in [1.29, 1.82) is 0 Å². The summed E-state index contributed by atoms with van der Waals surface area (Å²) in [6.07, 6.45) is 13.5. The largest absolute Gasteiger partial charge is 0.480 e. The summed E-state index contributed by atoms with van der Waals surface area (Å²) in [4.78, 5) is 33.9. The maximum Gasteiger partial charge on any atom is 0.327 e. The molecule has 0 aliphatic rings. The molecule has 7 nitrogen and oxygen atoms in total. The van der Waals surface area contributed by atoms with Crippen LogP contribution >= 0.6 is 21.6 Å². The van der Waals surface area contributed by atoms with Crippen LogP contribution in [0.4, 0.5) is 0 Å². The minimum atomic E-state index is -1.09. The van der Waals surface area contributed by atoms with Gasteiger partial charge in [0.25, 0.3) is 0 Å². The fourth-order valence-corrected chi connectivity index (χ4v) is 4.97. The van der Waals surface area contributed by atoms with E-state index < -0.39 is 24.0 Å².